The summed E-state index contributed by atoms with van der Waals surface area (Å²) in [6.07, 6.45) is -4.49. The topological polar surface area (TPSA) is 134 Å². The average molecular weight is 546 g/mol. The lowest BCUT2D eigenvalue weighted by molar-refractivity contribution is -0.253. The van der Waals surface area contributed by atoms with Gasteiger partial charge in [0.15, 0.2) is 18.5 Å². The summed E-state index contributed by atoms with van der Waals surface area (Å²) < 4.78 is 28.6. The maximum atomic E-state index is 13.2. The number of hydrogen-bond donors (Lipinski definition) is 2. The standard InChI is InChI=1S/C30H27NO9/c1-36-30-25(31-21-14-12-18-13-15-24(33)37-22(18)16-21)27(40-29(35)20-10-6-3-7-11-20)26(23(17-32)38-30)39-28(34)19-8-4-2-5-9-19/h2-16,23,25-27,30-32H,17H2,1H3/t23?,25?,26-,27-,30+/m1/s1. The maximum absolute atomic E-state index is 13.2. The first-order valence-electron chi connectivity index (χ1n) is 12.6. The molecule has 10 heteroatoms. The van der Waals surface area contributed by atoms with E-state index < -0.39 is 54.8 Å². The number of carbonyl (C=O) groups is 2. The number of anilines is 1. The molecule has 2 unspecified atom stereocenters. The number of methoxy groups -OCH3 is 1. The lowest BCUT2D eigenvalue weighted by Crippen LogP contribution is -2.64. The third kappa shape index (κ3) is 5.89. The summed E-state index contributed by atoms with van der Waals surface area (Å²) in [5.41, 5.74) is 0.877. The van der Waals surface area contributed by atoms with Crippen LogP contribution >= 0.6 is 0 Å². The fourth-order valence-corrected chi connectivity index (χ4v) is 4.56. The Morgan fingerprint density at radius 3 is 2.05 bits per heavy atom. The van der Waals surface area contributed by atoms with Gasteiger partial charge in [-0.3, -0.25) is 0 Å². The van der Waals surface area contributed by atoms with Gasteiger partial charge in [0.05, 0.1) is 17.7 Å². The van der Waals surface area contributed by atoms with Crippen molar-refractivity contribution in [3.8, 4) is 0 Å². The second-order valence-electron chi connectivity index (χ2n) is 9.11. The van der Waals surface area contributed by atoms with Crippen LogP contribution in [-0.4, -0.2) is 61.4 Å². The minimum atomic E-state index is -1.22. The van der Waals surface area contributed by atoms with E-state index in [1.165, 1.54) is 13.2 Å². The molecule has 10 nitrogen and oxygen atoms in total. The van der Waals surface area contributed by atoms with Gasteiger partial charge >= 0.3 is 17.6 Å². The molecule has 0 radical (unpaired) electrons. The molecule has 1 aliphatic rings. The van der Waals surface area contributed by atoms with Crippen molar-refractivity contribution < 1.29 is 38.1 Å². The third-order valence-electron chi connectivity index (χ3n) is 6.52. The Hall–Kier alpha value is -4.51. The van der Waals surface area contributed by atoms with E-state index in [-0.39, 0.29) is 11.1 Å². The molecule has 2 N–H and O–H groups in total. The zero-order valence-corrected chi connectivity index (χ0v) is 21.5. The molecule has 206 valence electrons. The van der Waals surface area contributed by atoms with Gasteiger partial charge in [-0.1, -0.05) is 36.4 Å². The third-order valence-corrected chi connectivity index (χ3v) is 6.52. The molecule has 0 saturated carbocycles. The quantitative estimate of drug-likeness (QED) is 0.251. The average Bonchev–Trinajstić information content (AvgIpc) is 2.99. The minimum absolute atomic E-state index is 0.273. The Morgan fingerprint density at radius 1 is 0.850 bits per heavy atom. The number of fused-ring (bicyclic) bond motifs is 1. The van der Waals surface area contributed by atoms with Crippen molar-refractivity contribution in [2.24, 2.45) is 0 Å². The van der Waals surface area contributed by atoms with Gasteiger partial charge in [-0.05, 0) is 42.5 Å². The highest BCUT2D eigenvalue weighted by molar-refractivity contribution is 5.90. The molecule has 0 aliphatic carbocycles. The number of carbonyl (C=O) groups excluding carboxylic acids is 2. The molecule has 4 aromatic rings. The molecular formula is C30H27NO9. The van der Waals surface area contributed by atoms with Crippen LogP contribution in [0.5, 0.6) is 0 Å². The van der Waals surface area contributed by atoms with Gasteiger partial charge in [0, 0.05) is 30.3 Å². The molecule has 1 aromatic heterocycles. The summed E-state index contributed by atoms with van der Waals surface area (Å²) in [5, 5.41) is 14.1. The van der Waals surface area contributed by atoms with E-state index in [0.29, 0.717) is 16.7 Å². The molecule has 0 spiro atoms. The summed E-state index contributed by atoms with van der Waals surface area (Å²) in [7, 11) is 1.40. The van der Waals surface area contributed by atoms with Crippen molar-refractivity contribution in [3.05, 3.63) is 113 Å². The van der Waals surface area contributed by atoms with Gasteiger partial charge in [0.25, 0.3) is 0 Å². The van der Waals surface area contributed by atoms with Crippen LogP contribution in [0.3, 0.4) is 0 Å². The SMILES string of the molecule is CO[C@H]1OC(CO)[C@@H](OC(=O)c2ccccc2)[C@H](OC(=O)c2ccccc2)C1Nc1ccc2ccc(=O)oc2c1. The summed E-state index contributed by atoms with van der Waals surface area (Å²) in [5.74, 6) is -1.35. The molecular weight excluding hydrogens is 518 g/mol. The number of hydrogen-bond acceptors (Lipinski definition) is 10. The molecule has 0 bridgehead atoms. The highest BCUT2D eigenvalue weighted by Gasteiger charge is 2.50. The van der Waals surface area contributed by atoms with Crippen molar-refractivity contribution >= 4 is 28.6 Å². The number of nitrogens with one attached hydrogen (secondary N) is 1. The van der Waals surface area contributed by atoms with Crippen LogP contribution in [0.15, 0.2) is 100 Å². The Bertz CT molecular complexity index is 1520. The number of rotatable bonds is 8. The van der Waals surface area contributed by atoms with Gasteiger partial charge in [0.2, 0.25) is 0 Å². The van der Waals surface area contributed by atoms with Crippen molar-refractivity contribution in [2.75, 3.05) is 19.0 Å². The lowest BCUT2D eigenvalue weighted by Gasteiger charge is -2.45. The number of ether oxygens (including phenoxy) is 4. The van der Waals surface area contributed by atoms with Crippen LogP contribution in [0, 0.1) is 0 Å². The summed E-state index contributed by atoms with van der Waals surface area (Å²) in [6, 6.07) is 23.8. The van der Waals surface area contributed by atoms with Gasteiger partial charge in [0.1, 0.15) is 17.7 Å². The zero-order valence-electron chi connectivity index (χ0n) is 21.5. The summed E-state index contributed by atoms with van der Waals surface area (Å²) in [4.78, 5) is 38.1. The zero-order chi connectivity index (χ0) is 28.1. The molecule has 40 heavy (non-hydrogen) atoms. The predicted octanol–water partition coefficient (Wildman–Crippen LogP) is 3.39. The Labute approximate surface area is 229 Å². The molecule has 5 rings (SSSR count). The van der Waals surface area contributed by atoms with Crippen LogP contribution < -0.4 is 10.9 Å². The second-order valence-corrected chi connectivity index (χ2v) is 9.11. The normalized spacial score (nSPS) is 22.4. The van der Waals surface area contributed by atoms with Crippen LogP contribution in [0.1, 0.15) is 20.7 Å². The monoisotopic (exact) mass is 545 g/mol. The van der Waals surface area contributed by atoms with Crippen molar-refractivity contribution in [3.63, 3.8) is 0 Å². The largest absolute Gasteiger partial charge is 0.452 e. The Balaban J connectivity index is 1.52. The molecule has 1 saturated heterocycles. The Morgan fingerprint density at radius 2 is 1.45 bits per heavy atom. The summed E-state index contributed by atoms with van der Waals surface area (Å²) >= 11 is 0. The maximum Gasteiger partial charge on any atom is 0.338 e. The predicted molar refractivity (Wildman–Crippen MR) is 144 cm³/mol. The van der Waals surface area contributed by atoms with Gasteiger partial charge < -0.3 is 33.8 Å². The van der Waals surface area contributed by atoms with E-state index >= 15 is 0 Å². The molecule has 1 fully saturated rings. The first-order chi connectivity index (χ1) is 19.5. The van der Waals surface area contributed by atoms with E-state index in [2.05, 4.69) is 5.32 Å². The number of benzene rings is 3. The summed E-state index contributed by atoms with van der Waals surface area (Å²) in [6.45, 7) is -0.542. The minimum Gasteiger partial charge on any atom is -0.452 e. The highest BCUT2D eigenvalue weighted by Crippen LogP contribution is 2.31. The smallest absolute Gasteiger partial charge is 0.338 e. The second kappa shape index (κ2) is 12.1. The number of aliphatic hydroxyl groups is 1. The molecule has 0 amide bonds. The number of aliphatic hydroxyl groups excluding tert-OH is 1. The van der Waals surface area contributed by atoms with Crippen molar-refractivity contribution in [1.82, 2.24) is 0 Å². The highest BCUT2D eigenvalue weighted by atomic mass is 16.7. The molecule has 1 aliphatic heterocycles. The lowest BCUT2D eigenvalue weighted by atomic mass is 9.95. The first-order valence-corrected chi connectivity index (χ1v) is 12.6. The van der Waals surface area contributed by atoms with Gasteiger partial charge in [-0.2, -0.15) is 0 Å². The van der Waals surface area contributed by atoms with Crippen LogP contribution in [0.2, 0.25) is 0 Å². The van der Waals surface area contributed by atoms with Crippen LogP contribution in [-0.2, 0) is 18.9 Å². The van der Waals surface area contributed by atoms with Crippen molar-refractivity contribution in [1.29, 1.82) is 0 Å². The molecule has 3 aromatic carbocycles. The van der Waals surface area contributed by atoms with E-state index in [1.807, 2.05) is 0 Å². The first kappa shape index (κ1) is 27.1. The van der Waals surface area contributed by atoms with Crippen molar-refractivity contribution in [2.45, 2.75) is 30.6 Å². The van der Waals surface area contributed by atoms with E-state index in [1.54, 1.807) is 84.9 Å². The van der Waals surface area contributed by atoms with E-state index in [0.717, 1.165) is 0 Å². The van der Waals surface area contributed by atoms with Crippen LogP contribution in [0.25, 0.3) is 11.0 Å². The van der Waals surface area contributed by atoms with E-state index in [4.69, 9.17) is 23.4 Å². The van der Waals surface area contributed by atoms with E-state index in [9.17, 15) is 19.5 Å². The van der Waals surface area contributed by atoms with Gasteiger partial charge in [-0.25, -0.2) is 14.4 Å². The Kier molecular flexibility index (Phi) is 8.20. The molecule has 2 heterocycles. The van der Waals surface area contributed by atoms with Gasteiger partial charge in [-0.15, -0.1) is 0 Å². The number of esters is 2. The fourth-order valence-electron chi connectivity index (χ4n) is 4.56. The van der Waals surface area contributed by atoms with Crippen LogP contribution in [0.4, 0.5) is 5.69 Å². The molecule has 5 atom stereocenters. The fraction of sp³-hybridized carbons (Fsp3) is 0.233.